The summed E-state index contributed by atoms with van der Waals surface area (Å²) in [5.74, 6) is 0.863. The summed E-state index contributed by atoms with van der Waals surface area (Å²) in [6.07, 6.45) is 0. The van der Waals surface area contributed by atoms with Crippen LogP contribution in [0.3, 0.4) is 0 Å². The Kier molecular flexibility index (Phi) is 8.52. The Morgan fingerprint density at radius 3 is 2.30 bits per heavy atom. The predicted molar refractivity (Wildman–Crippen MR) is 117 cm³/mol. The van der Waals surface area contributed by atoms with E-state index in [-0.39, 0.29) is 28.0 Å². The maximum absolute atomic E-state index is 12.8. The molecule has 30 heavy (non-hydrogen) atoms. The summed E-state index contributed by atoms with van der Waals surface area (Å²) in [7, 11) is -0.598. The number of methoxy groups -OCH3 is 1. The van der Waals surface area contributed by atoms with Crippen LogP contribution in [0, 0.1) is 0 Å². The van der Waals surface area contributed by atoms with Gasteiger partial charge in [0.25, 0.3) is 5.91 Å². The average Bonchev–Trinajstić information content (AvgIpc) is 2.74. The minimum Gasteiger partial charge on any atom is -0.493 e. The third kappa shape index (κ3) is 5.44. The second-order valence-corrected chi connectivity index (χ2v) is 8.77. The van der Waals surface area contributed by atoms with Crippen molar-refractivity contribution in [2.24, 2.45) is 0 Å². The maximum Gasteiger partial charge on any atom is 0.253 e. The molecule has 2 rings (SSSR count). The number of carbonyl (C=O) groups excluding carboxylic acids is 1. The molecule has 0 radical (unpaired) electrons. The normalized spacial score (nSPS) is 11.4. The molecule has 0 saturated carbocycles. The fraction of sp³-hybridized carbons (Fsp3) is 0.381. The van der Waals surface area contributed by atoms with Gasteiger partial charge >= 0.3 is 0 Å². The highest BCUT2D eigenvalue weighted by atomic mass is 35.5. The summed E-state index contributed by atoms with van der Waals surface area (Å²) >= 11 is 6.14. The van der Waals surface area contributed by atoms with Crippen molar-refractivity contribution in [3.8, 4) is 11.5 Å². The van der Waals surface area contributed by atoms with E-state index in [9.17, 15) is 13.2 Å². The molecule has 2 aromatic rings. The third-order valence-corrected chi connectivity index (χ3v) is 7.13. The van der Waals surface area contributed by atoms with Gasteiger partial charge in [0.05, 0.1) is 18.7 Å². The van der Waals surface area contributed by atoms with E-state index in [1.54, 1.807) is 40.1 Å². The Labute approximate surface area is 183 Å². The van der Waals surface area contributed by atoms with E-state index < -0.39 is 10.0 Å². The number of sulfonamides is 1. The lowest BCUT2D eigenvalue weighted by Gasteiger charge is -2.21. The van der Waals surface area contributed by atoms with Crippen LogP contribution < -0.4 is 9.47 Å². The van der Waals surface area contributed by atoms with E-state index in [1.165, 1.54) is 27.4 Å². The Morgan fingerprint density at radius 2 is 1.70 bits per heavy atom. The number of para-hydroxylation sites is 2. The van der Waals surface area contributed by atoms with Gasteiger partial charge in [-0.2, -0.15) is 4.31 Å². The van der Waals surface area contributed by atoms with Crippen LogP contribution in [-0.4, -0.2) is 63.9 Å². The van der Waals surface area contributed by atoms with Crippen molar-refractivity contribution in [1.29, 1.82) is 0 Å². The monoisotopic (exact) mass is 454 g/mol. The molecular formula is C21H27ClN2O5S. The fourth-order valence-corrected chi connectivity index (χ4v) is 4.85. The number of halogens is 1. The fourth-order valence-electron chi connectivity index (χ4n) is 2.89. The summed E-state index contributed by atoms with van der Waals surface area (Å²) in [5, 5.41) is 0.0839. The standard InChI is InChI=1S/C21H27ClN2O5S/c1-5-24(6-2)30(26,27)20-15-16(11-12-17(20)22)21(25)23(3)13-14-29-19-10-8-7-9-18(19)28-4/h7-12,15H,5-6,13-14H2,1-4H3. The number of likely N-dealkylation sites (N-methyl/N-ethyl adjacent to an activating group) is 1. The molecule has 0 N–H and O–H groups in total. The van der Waals surface area contributed by atoms with Crippen LogP contribution in [0.25, 0.3) is 0 Å². The highest BCUT2D eigenvalue weighted by Crippen LogP contribution is 2.27. The Bertz CT molecular complexity index is 977. The number of hydrogen-bond donors (Lipinski definition) is 0. The highest BCUT2D eigenvalue weighted by Gasteiger charge is 2.26. The van der Waals surface area contributed by atoms with Gasteiger partial charge in [-0.05, 0) is 30.3 Å². The van der Waals surface area contributed by atoms with Gasteiger partial charge in [0, 0.05) is 25.7 Å². The molecule has 0 fully saturated rings. The zero-order chi connectivity index (χ0) is 22.3. The second-order valence-electron chi connectivity index (χ2n) is 6.46. The van der Waals surface area contributed by atoms with E-state index in [4.69, 9.17) is 21.1 Å². The van der Waals surface area contributed by atoms with Crippen molar-refractivity contribution < 1.29 is 22.7 Å². The Morgan fingerprint density at radius 1 is 1.07 bits per heavy atom. The van der Waals surface area contributed by atoms with Crippen LogP contribution >= 0.6 is 11.6 Å². The number of hydrogen-bond acceptors (Lipinski definition) is 5. The topological polar surface area (TPSA) is 76.2 Å². The smallest absolute Gasteiger partial charge is 0.253 e. The van der Waals surface area contributed by atoms with Crippen LogP contribution in [0.15, 0.2) is 47.4 Å². The summed E-state index contributed by atoms with van der Waals surface area (Å²) in [6.45, 7) is 4.68. The van der Waals surface area contributed by atoms with E-state index in [2.05, 4.69) is 0 Å². The second kappa shape index (κ2) is 10.7. The molecule has 9 heteroatoms. The first kappa shape index (κ1) is 24.0. The van der Waals surface area contributed by atoms with Crippen molar-refractivity contribution in [3.63, 3.8) is 0 Å². The number of ether oxygens (including phenoxy) is 2. The van der Waals surface area contributed by atoms with Gasteiger partial charge in [-0.3, -0.25) is 4.79 Å². The first-order valence-corrected chi connectivity index (χ1v) is 11.4. The number of amides is 1. The van der Waals surface area contributed by atoms with Gasteiger partial charge in [0.1, 0.15) is 11.5 Å². The lowest BCUT2D eigenvalue weighted by molar-refractivity contribution is 0.0773. The van der Waals surface area contributed by atoms with Crippen molar-refractivity contribution in [3.05, 3.63) is 53.1 Å². The molecule has 0 aliphatic heterocycles. The SMILES string of the molecule is CCN(CC)S(=O)(=O)c1cc(C(=O)N(C)CCOc2ccccc2OC)ccc1Cl. The van der Waals surface area contributed by atoms with E-state index in [0.717, 1.165) is 0 Å². The molecule has 7 nitrogen and oxygen atoms in total. The first-order chi connectivity index (χ1) is 14.3. The van der Waals surface area contributed by atoms with Crippen LogP contribution in [0.5, 0.6) is 11.5 Å². The van der Waals surface area contributed by atoms with Crippen LogP contribution in [0.1, 0.15) is 24.2 Å². The van der Waals surface area contributed by atoms with Crippen molar-refractivity contribution in [1.82, 2.24) is 9.21 Å². The quantitative estimate of drug-likeness (QED) is 0.549. The minimum atomic E-state index is -3.78. The van der Waals surface area contributed by atoms with E-state index in [1.807, 2.05) is 12.1 Å². The Balaban J connectivity index is 2.13. The van der Waals surface area contributed by atoms with Crippen LogP contribution in [0.4, 0.5) is 0 Å². The van der Waals surface area contributed by atoms with Crippen molar-refractivity contribution in [2.75, 3.05) is 40.4 Å². The average molecular weight is 455 g/mol. The molecule has 0 atom stereocenters. The van der Waals surface area contributed by atoms with Gasteiger partial charge in [-0.25, -0.2) is 8.42 Å². The number of rotatable bonds is 10. The molecule has 0 aromatic heterocycles. The molecule has 164 valence electrons. The number of carbonyl (C=O) groups is 1. The lowest BCUT2D eigenvalue weighted by Crippen LogP contribution is -2.32. The van der Waals surface area contributed by atoms with Gasteiger partial charge in [0.2, 0.25) is 10.0 Å². The summed E-state index contributed by atoms with van der Waals surface area (Å²) in [5.41, 5.74) is 0.241. The predicted octanol–water partition coefficient (Wildman–Crippen LogP) is 3.53. The van der Waals surface area contributed by atoms with Crippen LogP contribution in [0.2, 0.25) is 5.02 Å². The molecule has 0 aliphatic carbocycles. The summed E-state index contributed by atoms with van der Waals surface area (Å²) in [4.78, 5) is 14.2. The third-order valence-electron chi connectivity index (χ3n) is 4.60. The summed E-state index contributed by atoms with van der Waals surface area (Å²) < 4.78 is 37.9. The zero-order valence-corrected chi connectivity index (χ0v) is 19.2. The molecule has 0 unspecified atom stereocenters. The molecule has 0 heterocycles. The molecule has 0 bridgehead atoms. The maximum atomic E-state index is 12.8. The van der Waals surface area contributed by atoms with E-state index >= 15 is 0 Å². The van der Waals surface area contributed by atoms with Gasteiger partial charge in [0.15, 0.2) is 11.5 Å². The van der Waals surface area contributed by atoms with E-state index in [0.29, 0.717) is 31.1 Å². The minimum absolute atomic E-state index is 0.0719. The van der Waals surface area contributed by atoms with Crippen LogP contribution in [-0.2, 0) is 10.0 Å². The molecule has 0 saturated heterocycles. The molecule has 0 spiro atoms. The molecule has 2 aromatic carbocycles. The molecule has 1 amide bonds. The van der Waals surface area contributed by atoms with Gasteiger partial charge in [-0.15, -0.1) is 0 Å². The largest absolute Gasteiger partial charge is 0.493 e. The first-order valence-electron chi connectivity index (χ1n) is 9.57. The van der Waals surface area contributed by atoms with Crippen molar-refractivity contribution in [2.45, 2.75) is 18.7 Å². The van der Waals surface area contributed by atoms with Gasteiger partial charge in [-0.1, -0.05) is 37.6 Å². The number of benzene rings is 2. The lowest BCUT2D eigenvalue weighted by atomic mass is 10.2. The molecular weight excluding hydrogens is 428 g/mol. The Hall–Kier alpha value is -2.29. The summed E-state index contributed by atoms with van der Waals surface area (Å²) in [6, 6.07) is 11.5. The van der Waals surface area contributed by atoms with Crippen molar-refractivity contribution >= 4 is 27.5 Å². The molecule has 0 aliphatic rings. The van der Waals surface area contributed by atoms with Gasteiger partial charge < -0.3 is 14.4 Å². The highest BCUT2D eigenvalue weighted by molar-refractivity contribution is 7.89. The zero-order valence-electron chi connectivity index (χ0n) is 17.6. The number of nitrogens with zero attached hydrogens (tertiary/aromatic N) is 2.